The second-order valence-electron chi connectivity index (χ2n) is 6.97. The number of carbonyl (C=O) groups is 1. The van der Waals surface area contributed by atoms with Gasteiger partial charge in [0.05, 0.1) is 0 Å². The molecule has 2 N–H and O–H groups in total. The maximum Gasteiger partial charge on any atom is 0.223 e. The van der Waals surface area contributed by atoms with Gasteiger partial charge in [0.15, 0.2) is 11.6 Å². The number of piperidine rings is 2. The molecule has 4 nitrogen and oxygen atoms in total. The maximum absolute atomic E-state index is 13.6. The van der Waals surface area contributed by atoms with Gasteiger partial charge in [0.1, 0.15) is 0 Å². The number of hydrogen-bond acceptors (Lipinski definition) is 3. The van der Waals surface area contributed by atoms with Crippen LogP contribution < -0.4 is 10.6 Å². The first-order valence-corrected chi connectivity index (χ1v) is 8.69. The first-order valence-electron chi connectivity index (χ1n) is 8.69. The normalized spacial score (nSPS) is 24.3. The molecule has 26 heavy (non-hydrogen) atoms. The van der Waals surface area contributed by atoms with Crippen molar-refractivity contribution < 1.29 is 13.6 Å². The summed E-state index contributed by atoms with van der Waals surface area (Å²) in [6.45, 7) is 3.34. The second kappa shape index (κ2) is 10.4. The van der Waals surface area contributed by atoms with Crippen molar-refractivity contribution in [1.29, 1.82) is 0 Å². The molecule has 8 heteroatoms. The smallest absolute Gasteiger partial charge is 0.223 e. The minimum Gasteiger partial charge on any atom is -0.351 e. The predicted molar refractivity (Wildman–Crippen MR) is 103 cm³/mol. The van der Waals surface area contributed by atoms with Crippen LogP contribution in [0.15, 0.2) is 18.2 Å². The highest BCUT2D eigenvalue weighted by molar-refractivity contribution is 5.85. The molecule has 0 radical (unpaired) electrons. The van der Waals surface area contributed by atoms with Crippen LogP contribution in [0.2, 0.25) is 0 Å². The Labute approximate surface area is 165 Å². The second-order valence-corrected chi connectivity index (χ2v) is 6.97. The molecule has 2 heterocycles. The van der Waals surface area contributed by atoms with Crippen LogP contribution in [0.3, 0.4) is 0 Å². The summed E-state index contributed by atoms with van der Waals surface area (Å²) in [5, 5.41) is 6.44. The fourth-order valence-electron chi connectivity index (χ4n) is 3.72. The van der Waals surface area contributed by atoms with Gasteiger partial charge in [-0.15, -0.1) is 24.8 Å². The number of benzene rings is 1. The van der Waals surface area contributed by atoms with Crippen molar-refractivity contribution in [3.05, 3.63) is 35.4 Å². The zero-order valence-electron chi connectivity index (χ0n) is 14.8. The fourth-order valence-corrected chi connectivity index (χ4v) is 3.72. The third-order valence-electron chi connectivity index (χ3n) is 5.27. The average molecular weight is 410 g/mol. The van der Waals surface area contributed by atoms with E-state index in [0.29, 0.717) is 6.54 Å². The zero-order valence-corrected chi connectivity index (χ0v) is 16.5. The van der Waals surface area contributed by atoms with Crippen LogP contribution in [0.25, 0.3) is 0 Å². The molecule has 0 bridgehead atoms. The minimum absolute atomic E-state index is 0. The van der Waals surface area contributed by atoms with Crippen molar-refractivity contribution >= 4 is 30.7 Å². The van der Waals surface area contributed by atoms with Gasteiger partial charge in [-0.25, -0.2) is 8.78 Å². The van der Waals surface area contributed by atoms with Crippen LogP contribution in [0.4, 0.5) is 8.78 Å². The third-order valence-corrected chi connectivity index (χ3v) is 5.27. The number of rotatable bonds is 3. The maximum atomic E-state index is 13.6. The first-order chi connectivity index (χ1) is 11.5. The van der Waals surface area contributed by atoms with Crippen LogP contribution in [0.5, 0.6) is 0 Å². The summed E-state index contributed by atoms with van der Waals surface area (Å²) in [6, 6.07) is 3.97. The van der Waals surface area contributed by atoms with E-state index in [1.54, 1.807) is 6.07 Å². The standard InChI is InChI=1S/C18H25F2N3O.2ClH/c1-23-8-5-12(6-9-23)18(24)22-17-11-21-7-4-14(17)13-2-3-15(19)16(20)10-13;;/h2-3,10,12,14,17,21H,4-9,11H2,1H3,(H,22,24);2*1H. The lowest BCUT2D eigenvalue weighted by Gasteiger charge is -2.35. The summed E-state index contributed by atoms with van der Waals surface area (Å²) in [5.41, 5.74) is 0.754. The minimum atomic E-state index is -0.834. The fraction of sp³-hybridized carbons (Fsp3) is 0.611. The van der Waals surface area contributed by atoms with Gasteiger partial charge in [0, 0.05) is 24.4 Å². The third kappa shape index (κ3) is 5.52. The van der Waals surface area contributed by atoms with E-state index in [2.05, 4.69) is 22.6 Å². The summed E-state index contributed by atoms with van der Waals surface area (Å²) in [6.07, 6.45) is 2.54. The van der Waals surface area contributed by atoms with E-state index in [1.807, 2.05) is 0 Å². The Bertz CT molecular complexity index is 598. The molecule has 2 unspecified atom stereocenters. The van der Waals surface area contributed by atoms with E-state index in [1.165, 1.54) is 12.1 Å². The van der Waals surface area contributed by atoms with E-state index in [-0.39, 0.29) is 48.6 Å². The molecule has 1 aromatic rings. The van der Waals surface area contributed by atoms with Crippen LogP contribution in [-0.2, 0) is 4.79 Å². The van der Waals surface area contributed by atoms with Gasteiger partial charge in [-0.2, -0.15) is 0 Å². The van der Waals surface area contributed by atoms with E-state index in [4.69, 9.17) is 0 Å². The van der Waals surface area contributed by atoms with Crippen molar-refractivity contribution in [2.24, 2.45) is 5.92 Å². The number of carbonyl (C=O) groups excluding carboxylic acids is 1. The molecule has 2 aliphatic rings. The van der Waals surface area contributed by atoms with Crippen LogP contribution in [0.1, 0.15) is 30.7 Å². The van der Waals surface area contributed by atoms with E-state index in [9.17, 15) is 13.6 Å². The zero-order chi connectivity index (χ0) is 17.1. The molecule has 2 fully saturated rings. The summed E-state index contributed by atoms with van der Waals surface area (Å²) >= 11 is 0. The Morgan fingerprint density at radius 1 is 1.15 bits per heavy atom. The molecular formula is C18H27Cl2F2N3O. The van der Waals surface area contributed by atoms with Crippen molar-refractivity contribution in [3.8, 4) is 0 Å². The molecule has 1 amide bonds. The Hall–Kier alpha value is -0.950. The molecule has 0 aromatic heterocycles. The molecule has 0 spiro atoms. The van der Waals surface area contributed by atoms with E-state index < -0.39 is 11.6 Å². The van der Waals surface area contributed by atoms with Crippen LogP contribution >= 0.6 is 24.8 Å². The molecular weight excluding hydrogens is 383 g/mol. The molecule has 2 saturated heterocycles. The summed E-state index contributed by atoms with van der Waals surface area (Å²) in [4.78, 5) is 14.8. The van der Waals surface area contributed by atoms with Gasteiger partial charge in [-0.05, 0) is 63.6 Å². The summed E-state index contributed by atoms with van der Waals surface area (Å²) in [5.74, 6) is -1.51. The number of likely N-dealkylation sites (tertiary alicyclic amines) is 1. The lowest BCUT2D eigenvalue weighted by molar-refractivity contribution is -0.127. The van der Waals surface area contributed by atoms with Gasteiger partial charge in [-0.3, -0.25) is 4.79 Å². The van der Waals surface area contributed by atoms with Gasteiger partial charge in [0.25, 0.3) is 0 Å². The highest BCUT2D eigenvalue weighted by Gasteiger charge is 2.31. The number of nitrogens with zero attached hydrogens (tertiary/aromatic N) is 1. The van der Waals surface area contributed by atoms with Crippen molar-refractivity contribution in [3.63, 3.8) is 0 Å². The Morgan fingerprint density at radius 2 is 1.85 bits per heavy atom. The highest BCUT2D eigenvalue weighted by Crippen LogP contribution is 2.27. The highest BCUT2D eigenvalue weighted by atomic mass is 35.5. The summed E-state index contributed by atoms with van der Waals surface area (Å²) in [7, 11) is 2.07. The van der Waals surface area contributed by atoms with E-state index >= 15 is 0 Å². The lowest BCUT2D eigenvalue weighted by atomic mass is 9.85. The van der Waals surface area contributed by atoms with Gasteiger partial charge >= 0.3 is 0 Å². The lowest BCUT2D eigenvalue weighted by Crippen LogP contribution is -2.52. The Balaban J connectivity index is 0.00000169. The van der Waals surface area contributed by atoms with E-state index in [0.717, 1.165) is 44.5 Å². The average Bonchev–Trinajstić information content (AvgIpc) is 2.58. The van der Waals surface area contributed by atoms with Crippen LogP contribution in [0, 0.1) is 17.6 Å². The van der Waals surface area contributed by atoms with Crippen LogP contribution in [-0.4, -0.2) is 50.1 Å². The molecule has 2 aliphatic heterocycles. The molecule has 148 valence electrons. The monoisotopic (exact) mass is 409 g/mol. The van der Waals surface area contributed by atoms with Crippen molar-refractivity contribution in [2.75, 3.05) is 33.2 Å². The number of nitrogens with one attached hydrogen (secondary N) is 2. The molecule has 1 aromatic carbocycles. The van der Waals surface area contributed by atoms with Crippen molar-refractivity contribution in [2.45, 2.75) is 31.2 Å². The largest absolute Gasteiger partial charge is 0.351 e. The number of hydrogen-bond donors (Lipinski definition) is 2. The molecule has 0 aliphatic carbocycles. The first kappa shape index (κ1) is 23.1. The topological polar surface area (TPSA) is 44.4 Å². The Kier molecular flexibility index (Phi) is 9.24. The quantitative estimate of drug-likeness (QED) is 0.806. The summed E-state index contributed by atoms with van der Waals surface area (Å²) < 4.78 is 26.8. The number of halogens is 4. The van der Waals surface area contributed by atoms with Gasteiger partial charge < -0.3 is 15.5 Å². The molecule has 3 rings (SSSR count). The molecule has 0 saturated carbocycles. The van der Waals surface area contributed by atoms with Gasteiger partial charge in [0.2, 0.25) is 5.91 Å². The number of amides is 1. The predicted octanol–water partition coefficient (Wildman–Crippen LogP) is 2.71. The SMILES string of the molecule is CN1CCC(C(=O)NC2CNCCC2c2ccc(F)c(F)c2)CC1.Cl.Cl. The van der Waals surface area contributed by atoms with Gasteiger partial charge in [-0.1, -0.05) is 6.07 Å². The Morgan fingerprint density at radius 3 is 2.50 bits per heavy atom. The van der Waals surface area contributed by atoms with Crippen molar-refractivity contribution in [1.82, 2.24) is 15.5 Å². The molecule has 2 atom stereocenters.